The molecule has 6 heteroatoms. The molecule has 0 bridgehead atoms. The van der Waals surface area contributed by atoms with Crippen molar-refractivity contribution in [3.05, 3.63) is 29.3 Å². The van der Waals surface area contributed by atoms with Gasteiger partial charge >= 0.3 is 0 Å². The third-order valence-corrected chi connectivity index (χ3v) is 5.90. The average Bonchev–Trinajstić information content (AvgIpc) is 2.39. The van der Waals surface area contributed by atoms with Crippen molar-refractivity contribution in [3.8, 4) is 0 Å². The zero-order chi connectivity index (χ0) is 13.2. The molecule has 1 saturated carbocycles. The van der Waals surface area contributed by atoms with E-state index in [1.165, 1.54) is 12.1 Å². The molecule has 0 aromatic heterocycles. The van der Waals surface area contributed by atoms with E-state index in [0.717, 1.165) is 35.9 Å². The first kappa shape index (κ1) is 14.1. The molecular weight excluding hydrogens is 293 g/mol. The van der Waals surface area contributed by atoms with E-state index in [-0.39, 0.29) is 10.9 Å². The Kier molecular flexibility index (Phi) is 4.54. The van der Waals surface area contributed by atoms with Crippen molar-refractivity contribution in [3.63, 3.8) is 0 Å². The van der Waals surface area contributed by atoms with Crippen LogP contribution in [0.5, 0.6) is 0 Å². The summed E-state index contributed by atoms with van der Waals surface area (Å²) in [6.07, 6.45) is 4.88. The van der Waals surface area contributed by atoms with Crippen molar-refractivity contribution >= 4 is 33.4 Å². The highest BCUT2D eigenvalue weighted by atomic mass is 35.5. The lowest BCUT2D eigenvalue weighted by atomic mass is 9.96. The van der Waals surface area contributed by atoms with E-state index in [4.69, 9.17) is 23.4 Å². The summed E-state index contributed by atoms with van der Waals surface area (Å²) in [4.78, 5) is 0.187. The number of hydrogen-bond donors (Lipinski definition) is 0. The number of hydrogen-bond acceptors (Lipinski definition) is 2. The molecule has 0 atom stereocenters. The van der Waals surface area contributed by atoms with Gasteiger partial charge in [-0.3, -0.25) is 0 Å². The minimum absolute atomic E-state index is 0.0962. The highest BCUT2D eigenvalue weighted by molar-refractivity contribution is 7.90. The zero-order valence-electron chi connectivity index (χ0n) is 9.85. The predicted molar refractivity (Wildman–Crippen MR) is 73.2 cm³/mol. The molecule has 0 radical (unpaired) electrons. The van der Waals surface area contributed by atoms with Gasteiger partial charge in [0.25, 0.3) is 10.0 Å². The first-order chi connectivity index (χ1) is 8.51. The largest absolute Gasteiger partial charge is 0.256 e. The monoisotopic (exact) mass is 307 g/mol. The molecule has 1 aromatic carbocycles. The van der Waals surface area contributed by atoms with E-state index in [0.29, 0.717) is 5.02 Å². The van der Waals surface area contributed by atoms with Gasteiger partial charge in [0.1, 0.15) is 0 Å². The van der Waals surface area contributed by atoms with Crippen LogP contribution in [0, 0.1) is 0 Å². The Labute approximate surface area is 118 Å². The lowest BCUT2D eigenvalue weighted by Gasteiger charge is -2.27. The third kappa shape index (κ3) is 2.99. The number of sulfonamides is 1. The number of benzene rings is 1. The van der Waals surface area contributed by atoms with Gasteiger partial charge in [0.05, 0.1) is 4.90 Å². The van der Waals surface area contributed by atoms with Crippen molar-refractivity contribution in [2.45, 2.75) is 43.0 Å². The fraction of sp³-hybridized carbons (Fsp3) is 0.500. The van der Waals surface area contributed by atoms with Crippen LogP contribution in [0.3, 0.4) is 0 Å². The standard InChI is InChI=1S/C12H15Cl2NO2S/c13-10-6-8-12(9-7-10)18(16,17)15(14)11-4-2-1-3-5-11/h6-9,11H,1-5H2. The Balaban J connectivity index is 2.21. The van der Waals surface area contributed by atoms with Crippen LogP contribution in [-0.4, -0.2) is 18.3 Å². The first-order valence-electron chi connectivity index (χ1n) is 5.97. The molecule has 0 aliphatic heterocycles. The van der Waals surface area contributed by atoms with Gasteiger partial charge in [-0.25, -0.2) is 8.42 Å². The zero-order valence-corrected chi connectivity index (χ0v) is 12.2. The minimum Gasteiger partial charge on any atom is -0.206 e. The molecular formula is C12H15Cl2NO2S. The number of rotatable bonds is 3. The van der Waals surface area contributed by atoms with Crippen molar-refractivity contribution in [1.82, 2.24) is 3.82 Å². The Morgan fingerprint density at radius 2 is 1.61 bits per heavy atom. The van der Waals surface area contributed by atoms with Gasteiger partial charge in [-0.05, 0) is 48.9 Å². The molecule has 1 aliphatic carbocycles. The van der Waals surface area contributed by atoms with Crippen molar-refractivity contribution < 1.29 is 8.42 Å². The van der Waals surface area contributed by atoms with Gasteiger partial charge in [-0.1, -0.05) is 30.9 Å². The Hall–Kier alpha value is -0.290. The van der Waals surface area contributed by atoms with E-state index < -0.39 is 10.0 Å². The SMILES string of the molecule is O=S(=O)(c1ccc(Cl)cc1)N(Cl)C1CCCCC1. The molecule has 0 spiro atoms. The van der Waals surface area contributed by atoms with Crippen molar-refractivity contribution in [2.24, 2.45) is 0 Å². The molecule has 0 saturated heterocycles. The molecule has 100 valence electrons. The molecule has 1 aliphatic rings. The average molecular weight is 308 g/mol. The lowest BCUT2D eigenvalue weighted by Crippen LogP contribution is -2.34. The summed E-state index contributed by atoms with van der Waals surface area (Å²) in [5.41, 5.74) is 0. The predicted octanol–water partition coefficient (Wildman–Crippen LogP) is 3.82. The summed E-state index contributed by atoms with van der Waals surface area (Å²) < 4.78 is 25.6. The minimum atomic E-state index is -3.62. The highest BCUT2D eigenvalue weighted by Crippen LogP contribution is 2.29. The molecule has 1 aromatic rings. The Bertz CT molecular complexity index is 495. The molecule has 0 unspecified atom stereocenters. The molecule has 1 fully saturated rings. The van der Waals surface area contributed by atoms with Crippen LogP contribution in [0.4, 0.5) is 0 Å². The second-order valence-electron chi connectivity index (χ2n) is 4.49. The fourth-order valence-electron chi connectivity index (χ4n) is 2.19. The van der Waals surface area contributed by atoms with Crippen LogP contribution in [0.25, 0.3) is 0 Å². The summed E-state index contributed by atoms with van der Waals surface area (Å²) in [5, 5.41) is 0.507. The molecule has 18 heavy (non-hydrogen) atoms. The van der Waals surface area contributed by atoms with E-state index in [2.05, 4.69) is 0 Å². The fourth-order valence-corrected chi connectivity index (χ4v) is 4.03. The van der Waals surface area contributed by atoms with Gasteiger partial charge < -0.3 is 0 Å². The van der Waals surface area contributed by atoms with Gasteiger partial charge in [0.2, 0.25) is 0 Å². The quantitative estimate of drug-likeness (QED) is 0.796. The van der Waals surface area contributed by atoms with Crippen LogP contribution in [0.15, 0.2) is 29.2 Å². The summed E-state index contributed by atoms with van der Waals surface area (Å²) in [5.74, 6) is 0. The molecule has 0 amide bonds. The van der Waals surface area contributed by atoms with Crippen LogP contribution in [0.2, 0.25) is 5.02 Å². The summed E-state index contributed by atoms with van der Waals surface area (Å²) in [6.45, 7) is 0. The number of halogens is 2. The maximum absolute atomic E-state index is 12.3. The van der Waals surface area contributed by atoms with Gasteiger partial charge in [0.15, 0.2) is 0 Å². The summed E-state index contributed by atoms with van der Waals surface area (Å²) >= 11 is 11.8. The van der Waals surface area contributed by atoms with Crippen molar-refractivity contribution in [2.75, 3.05) is 0 Å². The maximum Gasteiger partial charge on any atom is 0.256 e. The van der Waals surface area contributed by atoms with E-state index in [9.17, 15) is 8.42 Å². The normalized spacial score (nSPS) is 18.2. The molecule has 2 rings (SSSR count). The smallest absolute Gasteiger partial charge is 0.206 e. The van der Waals surface area contributed by atoms with E-state index >= 15 is 0 Å². The van der Waals surface area contributed by atoms with E-state index in [1.807, 2.05) is 0 Å². The van der Waals surface area contributed by atoms with Gasteiger partial charge in [0, 0.05) is 11.1 Å². The molecule has 0 N–H and O–H groups in total. The second kappa shape index (κ2) is 5.78. The Morgan fingerprint density at radius 1 is 1.06 bits per heavy atom. The highest BCUT2D eigenvalue weighted by Gasteiger charge is 2.31. The third-order valence-electron chi connectivity index (χ3n) is 3.20. The Morgan fingerprint density at radius 3 is 2.17 bits per heavy atom. The molecule has 0 heterocycles. The maximum atomic E-state index is 12.3. The number of nitrogens with zero attached hydrogens (tertiary/aromatic N) is 1. The van der Waals surface area contributed by atoms with Crippen LogP contribution >= 0.6 is 23.4 Å². The van der Waals surface area contributed by atoms with Crippen molar-refractivity contribution in [1.29, 1.82) is 0 Å². The summed E-state index contributed by atoms with van der Waals surface area (Å²) in [6, 6.07) is 5.98. The van der Waals surface area contributed by atoms with E-state index in [1.54, 1.807) is 12.1 Å². The summed E-state index contributed by atoms with van der Waals surface area (Å²) in [7, 11) is -3.62. The van der Waals surface area contributed by atoms with Crippen LogP contribution in [0.1, 0.15) is 32.1 Å². The van der Waals surface area contributed by atoms with Crippen LogP contribution < -0.4 is 0 Å². The second-order valence-corrected chi connectivity index (χ2v) is 7.31. The lowest BCUT2D eigenvalue weighted by molar-refractivity contribution is 0.339. The van der Waals surface area contributed by atoms with Gasteiger partial charge in [-0.15, -0.1) is 3.82 Å². The molecule has 3 nitrogen and oxygen atoms in total. The first-order valence-corrected chi connectivity index (χ1v) is 8.13. The van der Waals surface area contributed by atoms with Crippen LogP contribution in [-0.2, 0) is 10.0 Å². The topological polar surface area (TPSA) is 37.4 Å². The van der Waals surface area contributed by atoms with Gasteiger partial charge in [-0.2, -0.15) is 0 Å².